The van der Waals surface area contributed by atoms with Crippen LogP contribution in [0.25, 0.3) is 22.3 Å². The zero-order valence-corrected chi connectivity index (χ0v) is 12.6. The summed E-state index contributed by atoms with van der Waals surface area (Å²) in [5.41, 5.74) is 0.433. The smallest absolute Gasteiger partial charge is 0.197 e. The highest BCUT2D eigenvalue weighted by atomic mass is 35.5. The first-order chi connectivity index (χ1) is 9.95. The van der Waals surface area contributed by atoms with Gasteiger partial charge >= 0.3 is 0 Å². The highest BCUT2D eigenvalue weighted by Crippen LogP contribution is 2.32. The maximum atomic E-state index is 12.1. The van der Waals surface area contributed by atoms with Crippen LogP contribution in [0.2, 0.25) is 15.1 Å². The average molecular weight is 342 g/mol. The molecule has 0 saturated carbocycles. The van der Waals surface area contributed by atoms with Crippen LogP contribution in [0.3, 0.4) is 0 Å². The lowest BCUT2D eigenvalue weighted by molar-refractivity contribution is 0.480. The van der Waals surface area contributed by atoms with Crippen LogP contribution >= 0.6 is 34.8 Å². The van der Waals surface area contributed by atoms with Gasteiger partial charge < -0.3 is 9.52 Å². The van der Waals surface area contributed by atoms with Crippen molar-refractivity contribution in [2.75, 3.05) is 0 Å². The van der Waals surface area contributed by atoms with Crippen molar-refractivity contribution in [1.29, 1.82) is 0 Å². The summed E-state index contributed by atoms with van der Waals surface area (Å²) in [5, 5.41) is 10.9. The lowest BCUT2D eigenvalue weighted by Gasteiger charge is -2.06. The number of fused-ring (bicyclic) bond motifs is 1. The van der Waals surface area contributed by atoms with Gasteiger partial charge in [-0.1, -0.05) is 34.8 Å². The Hall–Kier alpha value is -1.68. The van der Waals surface area contributed by atoms with E-state index in [9.17, 15) is 9.90 Å². The lowest BCUT2D eigenvalue weighted by atomic mass is 10.1. The Bertz CT molecular complexity index is 916. The number of rotatable bonds is 1. The Labute approximate surface area is 134 Å². The largest absolute Gasteiger partial charge is 0.507 e. The van der Waals surface area contributed by atoms with E-state index in [1.807, 2.05) is 0 Å². The van der Waals surface area contributed by atoms with Gasteiger partial charge in [0.15, 0.2) is 5.43 Å². The number of phenolic OH excluding ortho intramolecular Hbond substituents is 1. The molecule has 21 heavy (non-hydrogen) atoms. The van der Waals surface area contributed by atoms with Crippen molar-refractivity contribution in [1.82, 2.24) is 0 Å². The second-order valence-electron chi connectivity index (χ2n) is 4.40. The maximum Gasteiger partial charge on any atom is 0.197 e. The van der Waals surface area contributed by atoms with E-state index in [0.717, 1.165) is 0 Å². The van der Waals surface area contributed by atoms with E-state index in [-0.39, 0.29) is 27.2 Å². The predicted octanol–water partition coefficient (Wildman–Crippen LogP) is 5.13. The van der Waals surface area contributed by atoms with Crippen LogP contribution in [0, 0.1) is 0 Å². The molecule has 1 heterocycles. The zero-order valence-electron chi connectivity index (χ0n) is 10.4. The molecular weight excluding hydrogens is 335 g/mol. The molecule has 0 spiro atoms. The summed E-state index contributed by atoms with van der Waals surface area (Å²) < 4.78 is 5.64. The normalized spacial score (nSPS) is 11.0. The minimum atomic E-state index is -0.369. The van der Waals surface area contributed by atoms with Crippen molar-refractivity contribution in [3.8, 4) is 17.1 Å². The van der Waals surface area contributed by atoms with Gasteiger partial charge in [0.1, 0.15) is 22.5 Å². The van der Waals surface area contributed by atoms with Crippen LogP contribution in [0.4, 0.5) is 0 Å². The highest BCUT2D eigenvalue weighted by molar-refractivity contribution is 6.42. The van der Waals surface area contributed by atoms with E-state index >= 15 is 0 Å². The van der Waals surface area contributed by atoms with E-state index in [4.69, 9.17) is 39.2 Å². The first kappa shape index (κ1) is 14.3. The first-order valence-corrected chi connectivity index (χ1v) is 7.01. The minimum absolute atomic E-state index is 0.0863. The molecule has 0 aliphatic rings. The van der Waals surface area contributed by atoms with Crippen LogP contribution in [-0.4, -0.2) is 5.11 Å². The topological polar surface area (TPSA) is 50.4 Å². The molecule has 0 radical (unpaired) electrons. The van der Waals surface area contributed by atoms with E-state index in [1.54, 1.807) is 18.2 Å². The summed E-state index contributed by atoms with van der Waals surface area (Å²) in [7, 11) is 0. The van der Waals surface area contributed by atoms with Crippen LogP contribution in [-0.2, 0) is 0 Å². The molecule has 3 nitrogen and oxygen atoms in total. The Balaban J connectivity index is 2.29. The SMILES string of the molecule is O=c1cc(-c2ccc(Cl)c(Cl)c2)oc2cc(Cl)cc(O)c12. The molecule has 3 aromatic rings. The summed E-state index contributed by atoms with van der Waals surface area (Å²) >= 11 is 17.7. The molecule has 0 fully saturated rings. The molecule has 0 aliphatic heterocycles. The highest BCUT2D eigenvalue weighted by Gasteiger charge is 2.12. The quantitative estimate of drug-likeness (QED) is 0.668. The van der Waals surface area contributed by atoms with Gasteiger partial charge in [0.05, 0.1) is 10.0 Å². The van der Waals surface area contributed by atoms with Crippen LogP contribution < -0.4 is 5.43 Å². The van der Waals surface area contributed by atoms with Gasteiger partial charge in [-0.05, 0) is 24.3 Å². The standard InChI is InChI=1S/C15H7Cl3O3/c16-8-4-11(19)15-12(20)6-13(21-14(15)5-8)7-1-2-9(17)10(18)3-7/h1-6,19H. The summed E-state index contributed by atoms with van der Waals surface area (Å²) in [4.78, 5) is 12.1. The molecule has 1 N–H and O–H groups in total. The fraction of sp³-hybridized carbons (Fsp3) is 0. The summed E-state index contributed by atoms with van der Waals surface area (Å²) in [5.74, 6) is 0.0969. The van der Waals surface area contributed by atoms with Crippen molar-refractivity contribution in [2.24, 2.45) is 0 Å². The number of hydrogen-bond donors (Lipinski definition) is 1. The minimum Gasteiger partial charge on any atom is -0.507 e. The number of aromatic hydroxyl groups is 1. The van der Waals surface area contributed by atoms with Crippen molar-refractivity contribution < 1.29 is 9.52 Å². The molecule has 2 aromatic carbocycles. The molecule has 106 valence electrons. The average Bonchev–Trinajstić information content (AvgIpc) is 2.40. The van der Waals surface area contributed by atoms with E-state index in [0.29, 0.717) is 21.4 Å². The van der Waals surface area contributed by atoms with Crippen LogP contribution in [0.5, 0.6) is 5.75 Å². The second kappa shape index (κ2) is 5.26. The molecule has 0 amide bonds. The monoisotopic (exact) mass is 340 g/mol. The molecule has 1 aromatic heterocycles. The zero-order chi connectivity index (χ0) is 15.1. The molecule has 0 saturated heterocycles. The van der Waals surface area contributed by atoms with Gasteiger partial charge in [-0.15, -0.1) is 0 Å². The van der Waals surface area contributed by atoms with Crippen LogP contribution in [0.1, 0.15) is 0 Å². The van der Waals surface area contributed by atoms with Gasteiger partial charge in [-0.3, -0.25) is 4.79 Å². The molecular formula is C15H7Cl3O3. The maximum absolute atomic E-state index is 12.1. The first-order valence-electron chi connectivity index (χ1n) is 5.87. The fourth-order valence-corrected chi connectivity index (χ4v) is 2.53. The number of hydrogen-bond acceptors (Lipinski definition) is 3. The molecule has 0 bridgehead atoms. The van der Waals surface area contributed by atoms with Gasteiger partial charge in [0.2, 0.25) is 0 Å². The summed E-state index contributed by atoms with van der Waals surface area (Å²) in [6.07, 6.45) is 0. The second-order valence-corrected chi connectivity index (χ2v) is 5.65. The molecule has 0 unspecified atom stereocenters. The third-order valence-electron chi connectivity index (χ3n) is 2.98. The summed E-state index contributed by atoms with van der Waals surface area (Å²) in [6, 6.07) is 8.94. The number of benzene rings is 2. The Morgan fingerprint density at radius 3 is 2.43 bits per heavy atom. The Kier molecular flexibility index (Phi) is 3.57. The predicted molar refractivity (Wildman–Crippen MR) is 84.6 cm³/mol. The number of halogens is 3. The van der Waals surface area contributed by atoms with Crippen molar-refractivity contribution in [2.45, 2.75) is 0 Å². The molecule has 6 heteroatoms. The summed E-state index contributed by atoms with van der Waals surface area (Å²) in [6.45, 7) is 0. The van der Waals surface area contributed by atoms with E-state index in [2.05, 4.69) is 0 Å². The molecule has 0 atom stereocenters. The van der Waals surface area contributed by atoms with E-state index < -0.39 is 0 Å². The molecule has 3 rings (SSSR count). The van der Waals surface area contributed by atoms with Gasteiger partial charge in [-0.25, -0.2) is 0 Å². The third kappa shape index (κ3) is 2.60. The fourth-order valence-electron chi connectivity index (χ4n) is 2.03. The van der Waals surface area contributed by atoms with E-state index in [1.165, 1.54) is 18.2 Å². The lowest BCUT2D eigenvalue weighted by Crippen LogP contribution is -2.00. The van der Waals surface area contributed by atoms with Crippen molar-refractivity contribution >= 4 is 45.8 Å². The van der Waals surface area contributed by atoms with Crippen LogP contribution in [0.15, 0.2) is 45.6 Å². The van der Waals surface area contributed by atoms with Crippen molar-refractivity contribution in [3.05, 3.63) is 61.7 Å². The van der Waals surface area contributed by atoms with Gasteiger partial charge in [-0.2, -0.15) is 0 Å². The molecule has 0 aliphatic carbocycles. The van der Waals surface area contributed by atoms with Gasteiger partial charge in [0.25, 0.3) is 0 Å². The Morgan fingerprint density at radius 2 is 1.71 bits per heavy atom. The number of phenols is 1. The Morgan fingerprint density at radius 1 is 0.952 bits per heavy atom. The van der Waals surface area contributed by atoms with Gasteiger partial charge in [0, 0.05) is 22.7 Å². The third-order valence-corrected chi connectivity index (χ3v) is 3.94. The van der Waals surface area contributed by atoms with Crippen molar-refractivity contribution in [3.63, 3.8) is 0 Å².